The zero-order chi connectivity index (χ0) is 16.6. The van der Waals surface area contributed by atoms with E-state index in [1.165, 1.54) is 12.8 Å². The van der Waals surface area contributed by atoms with E-state index < -0.39 is 5.60 Å². The van der Waals surface area contributed by atoms with Crippen molar-refractivity contribution in [2.24, 2.45) is 5.73 Å². The van der Waals surface area contributed by atoms with E-state index in [0.29, 0.717) is 24.7 Å². The summed E-state index contributed by atoms with van der Waals surface area (Å²) < 4.78 is 5.30. The number of ether oxygens (including phenoxy) is 1. The van der Waals surface area contributed by atoms with Gasteiger partial charge in [0.25, 0.3) is 0 Å². The molecule has 5 heteroatoms. The molecule has 0 aromatic rings. The van der Waals surface area contributed by atoms with Crippen LogP contribution in [-0.4, -0.2) is 36.4 Å². The predicted molar refractivity (Wildman–Crippen MR) is 90.9 cm³/mol. The predicted octanol–water partition coefficient (Wildman–Crippen LogP) is 2.93. The number of carbonyl (C=O) groups is 1. The summed E-state index contributed by atoms with van der Waals surface area (Å²) in [7, 11) is 0. The Labute approximate surface area is 135 Å². The van der Waals surface area contributed by atoms with Gasteiger partial charge in [-0.3, -0.25) is 0 Å². The highest BCUT2D eigenvalue weighted by atomic mass is 16.6. The Morgan fingerprint density at radius 3 is 2.68 bits per heavy atom. The standard InChI is InChI=1S/C17H35N3O2/c1-5-6-9-15(12-19-16(21)22-17(2,3)4)20-14-10-7-8-13(18)11-14/h13-15,20H,5-12,18H2,1-4H3,(H,19,21). The molecule has 1 aliphatic rings. The van der Waals surface area contributed by atoms with E-state index in [-0.39, 0.29) is 6.09 Å². The molecule has 0 aromatic carbocycles. The topological polar surface area (TPSA) is 76.4 Å². The molecule has 0 saturated heterocycles. The highest BCUT2D eigenvalue weighted by molar-refractivity contribution is 5.67. The molecule has 0 radical (unpaired) electrons. The molecule has 3 unspecified atom stereocenters. The van der Waals surface area contributed by atoms with Gasteiger partial charge in [-0.25, -0.2) is 4.79 Å². The van der Waals surface area contributed by atoms with Crippen LogP contribution in [0.3, 0.4) is 0 Å². The third kappa shape index (κ3) is 8.59. The van der Waals surface area contributed by atoms with Crippen LogP contribution in [-0.2, 0) is 4.74 Å². The van der Waals surface area contributed by atoms with Crippen LogP contribution in [0.15, 0.2) is 0 Å². The fourth-order valence-corrected chi connectivity index (χ4v) is 2.93. The monoisotopic (exact) mass is 313 g/mol. The first-order valence-electron chi connectivity index (χ1n) is 8.78. The Morgan fingerprint density at radius 1 is 1.36 bits per heavy atom. The highest BCUT2D eigenvalue weighted by Gasteiger charge is 2.23. The van der Waals surface area contributed by atoms with Gasteiger partial charge < -0.3 is 21.1 Å². The average Bonchev–Trinajstić information content (AvgIpc) is 2.40. The molecule has 1 fully saturated rings. The number of hydrogen-bond acceptors (Lipinski definition) is 4. The van der Waals surface area contributed by atoms with Crippen molar-refractivity contribution in [1.82, 2.24) is 10.6 Å². The fourth-order valence-electron chi connectivity index (χ4n) is 2.93. The van der Waals surface area contributed by atoms with Gasteiger partial charge in [-0.2, -0.15) is 0 Å². The second kappa shape index (κ2) is 9.36. The van der Waals surface area contributed by atoms with Crippen LogP contribution >= 0.6 is 0 Å². The summed E-state index contributed by atoms with van der Waals surface area (Å²) in [6.45, 7) is 8.43. The number of rotatable bonds is 7. The molecule has 3 atom stereocenters. The van der Waals surface area contributed by atoms with Crippen LogP contribution in [0.5, 0.6) is 0 Å². The lowest BCUT2D eigenvalue weighted by molar-refractivity contribution is 0.0520. The van der Waals surface area contributed by atoms with E-state index in [2.05, 4.69) is 17.6 Å². The first-order chi connectivity index (χ1) is 10.3. The van der Waals surface area contributed by atoms with Gasteiger partial charge >= 0.3 is 6.09 Å². The van der Waals surface area contributed by atoms with Gasteiger partial charge in [0.2, 0.25) is 0 Å². The van der Waals surface area contributed by atoms with Crippen molar-refractivity contribution < 1.29 is 9.53 Å². The zero-order valence-electron chi connectivity index (χ0n) is 14.8. The van der Waals surface area contributed by atoms with Crippen LogP contribution in [0.4, 0.5) is 4.79 Å². The van der Waals surface area contributed by atoms with Gasteiger partial charge in [-0.1, -0.05) is 26.2 Å². The van der Waals surface area contributed by atoms with Gasteiger partial charge in [0.05, 0.1) is 0 Å². The van der Waals surface area contributed by atoms with Crippen LogP contribution < -0.4 is 16.4 Å². The van der Waals surface area contributed by atoms with Gasteiger partial charge in [0.1, 0.15) is 5.60 Å². The van der Waals surface area contributed by atoms with Crippen molar-refractivity contribution in [2.75, 3.05) is 6.54 Å². The average molecular weight is 313 g/mol. The number of nitrogens with one attached hydrogen (secondary N) is 2. The maximum atomic E-state index is 11.8. The Balaban J connectivity index is 2.40. The Kier molecular flexibility index (Phi) is 8.18. The van der Waals surface area contributed by atoms with Crippen molar-refractivity contribution in [3.05, 3.63) is 0 Å². The van der Waals surface area contributed by atoms with E-state index in [9.17, 15) is 4.79 Å². The molecular formula is C17H35N3O2. The third-order valence-electron chi connectivity index (χ3n) is 3.98. The molecule has 130 valence electrons. The molecule has 0 aromatic heterocycles. The van der Waals surface area contributed by atoms with Crippen molar-refractivity contribution in [2.45, 2.75) is 96.4 Å². The van der Waals surface area contributed by atoms with Gasteiger partial charge in [0, 0.05) is 24.7 Å². The summed E-state index contributed by atoms with van der Waals surface area (Å²) in [4.78, 5) is 11.8. The van der Waals surface area contributed by atoms with E-state index in [4.69, 9.17) is 10.5 Å². The second-order valence-electron chi connectivity index (χ2n) is 7.51. The van der Waals surface area contributed by atoms with Crippen molar-refractivity contribution in [1.29, 1.82) is 0 Å². The van der Waals surface area contributed by atoms with E-state index >= 15 is 0 Å². The quantitative estimate of drug-likeness (QED) is 0.675. The Bertz CT molecular complexity index is 328. The maximum absolute atomic E-state index is 11.8. The highest BCUT2D eigenvalue weighted by Crippen LogP contribution is 2.18. The number of alkyl carbamates (subject to hydrolysis) is 1. The smallest absolute Gasteiger partial charge is 0.407 e. The summed E-state index contributed by atoms with van der Waals surface area (Å²) in [5, 5.41) is 6.58. The summed E-state index contributed by atoms with van der Waals surface area (Å²) in [6.07, 6.45) is 7.60. The minimum Gasteiger partial charge on any atom is -0.444 e. The lowest BCUT2D eigenvalue weighted by atomic mass is 9.91. The van der Waals surface area contributed by atoms with Gasteiger partial charge in [0.15, 0.2) is 0 Å². The Morgan fingerprint density at radius 2 is 2.09 bits per heavy atom. The molecule has 1 rings (SSSR count). The van der Waals surface area contributed by atoms with Crippen molar-refractivity contribution >= 4 is 6.09 Å². The summed E-state index contributed by atoms with van der Waals surface area (Å²) >= 11 is 0. The molecule has 22 heavy (non-hydrogen) atoms. The number of nitrogens with two attached hydrogens (primary N) is 1. The van der Waals surface area contributed by atoms with Crippen LogP contribution in [0, 0.1) is 0 Å². The largest absolute Gasteiger partial charge is 0.444 e. The SMILES string of the molecule is CCCCC(CNC(=O)OC(C)(C)C)NC1CCCC(N)C1. The second-order valence-corrected chi connectivity index (χ2v) is 7.51. The first kappa shape index (κ1) is 19.2. The van der Waals surface area contributed by atoms with Crippen LogP contribution in [0.25, 0.3) is 0 Å². The molecule has 0 heterocycles. The molecule has 0 spiro atoms. The molecule has 5 nitrogen and oxygen atoms in total. The zero-order valence-corrected chi connectivity index (χ0v) is 14.8. The van der Waals surface area contributed by atoms with Crippen LogP contribution in [0.2, 0.25) is 0 Å². The number of unbranched alkanes of at least 4 members (excludes halogenated alkanes) is 1. The minimum absolute atomic E-state index is 0.294. The lowest BCUT2D eigenvalue weighted by Gasteiger charge is -2.31. The number of hydrogen-bond donors (Lipinski definition) is 3. The van der Waals surface area contributed by atoms with E-state index in [1.807, 2.05) is 20.8 Å². The molecular weight excluding hydrogens is 278 g/mol. The van der Waals surface area contributed by atoms with Crippen molar-refractivity contribution in [3.8, 4) is 0 Å². The molecule has 1 saturated carbocycles. The normalized spacial score (nSPS) is 23.9. The maximum Gasteiger partial charge on any atom is 0.407 e. The molecule has 0 aliphatic heterocycles. The molecule has 4 N–H and O–H groups in total. The van der Waals surface area contributed by atoms with Crippen molar-refractivity contribution in [3.63, 3.8) is 0 Å². The van der Waals surface area contributed by atoms with Gasteiger partial charge in [-0.15, -0.1) is 0 Å². The number of carbonyl (C=O) groups excluding carboxylic acids is 1. The van der Waals surface area contributed by atoms with Gasteiger partial charge in [-0.05, 0) is 46.5 Å². The molecule has 1 amide bonds. The fraction of sp³-hybridized carbons (Fsp3) is 0.941. The van der Waals surface area contributed by atoms with E-state index in [1.54, 1.807) is 0 Å². The third-order valence-corrected chi connectivity index (χ3v) is 3.98. The van der Waals surface area contributed by atoms with E-state index in [0.717, 1.165) is 32.1 Å². The summed E-state index contributed by atoms with van der Waals surface area (Å²) in [6, 6.07) is 1.09. The first-order valence-corrected chi connectivity index (χ1v) is 8.78. The lowest BCUT2D eigenvalue weighted by Crippen LogP contribution is -2.49. The summed E-state index contributed by atoms with van der Waals surface area (Å²) in [5.41, 5.74) is 5.61. The molecule has 0 bridgehead atoms. The van der Waals surface area contributed by atoms with Crippen LogP contribution in [0.1, 0.15) is 72.6 Å². The minimum atomic E-state index is -0.452. The molecule has 1 aliphatic carbocycles. The Hall–Kier alpha value is -0.810. The number of amides is 1. The summed E-state index contributed by atoms with van der Waals surface area (Å²) in [5.74, 6) is 0.